The van der Waals surface area contributed by atoms with Crippen molar-refractivity contribution in [1.29, 1.82) is 0 Å². The molecular formula is C8H12N2O3. The fourth-order valence-electron chi connectivity index (χ4n) is 0.888. The average molecular weight is 184 g/mol. The van der Waals surface area contributed by atoms with Gasteiger partial charge in [-0.3, -0.25) is 0 Å². The van der Waals surface area contributed by atoms with Crippen LogP contribution in [-0.4, -0.2) is 24.7 Å². The highest BCUT2D eigenvalue weighted by molar-refractivity contribution is 5.66. The summed E-state index contributed by atoms with van der Waals surface area (Å²) in [6.45, 7) is 2.27. The van der Waals surface area contributed by atoms with Crippen LogP contribution in [0.2, 0.25) is 0 Å². The minimum Gasteiger partial charge on any atom is -0.453 e. The second kappa shape index (κ2) is 4.49. The van der Waals surface area contributed by atoms with Crippen LogP contribution in [0.25, 0.3) is 0 Å². The molecule has 5 nitrogen and oxygen atoms in total. The average Bonchev–Trinajstić information content (AvgIpc) is 2.51. The van der Waals surface area contributed by atoms with Gasteiger partial charge in [-0.1, -0.05) is 0 Å². The van der Waals surface area contributed by atoms with Gasteiger partial charge >= 0.3 is 6.09 Å². The van der Waals surface area contributed by atoms with Crippen molar-refractivity contribution in [2.75, 3.05) is 13.7 Å². The zero-order valence-corrected chi connectivity index (χ0v) is 7.66. The summed E-state index contributed by atoms with van der Waals surface area (Å²) in [6, 6.07) is 0. The van der Waals surface area contributed by atoms with Crippen molar-refractivity contribution in [2.45, 2.75) is 13.3 Å². The molecule has 1 aromatic rings. The van der Waals surface area contributed by atoms with Gasteiger partial charge in [-0.05, 0) is 0 Å². The SMILES string of the molecule is COC(=O)NCCc1coc(C)n1. The third-order valence-corrected chi connectivity index (χ3v) is 1.50. The predicted molar refractivity (Wildman–Crippen MR) is 45.4 cm³/mol. The highest BCUT2D eigenvalue weighted by atomic mass is 16.5. The maximum atomic E-state index is 10.6. The molecule has 1 rings (SSSR count). The molecule has 0 unspecified atom stereocenters. The summed E-state index contributed by atoms with van der Waals surface area (Å²) >= 11 is 0. The van der Waals surface area contributed by atoms with Crippen LogP contribution in [-0.2, 0) is 11.2 Å². The van der Waals surface area contributed by atoms with E-state index in [1.165, 1.54) is 7.11 Å². The van der Waals surface area contributed by atoms with Gasteiger partial charge in [-0.2, -0.15) is 0 Å². The first-order valence-electron chi connectivity index (χ1n) is 3.95. The molecule has 72 valence electrons. The Hall–Kier alpha value is -1.52. The number of aryl methyl sites for hydroxylation is 1. The van der Waals surface area contributed by atoms with Gasteiger partial charge in [0.1, 0.15) is 6.26 Å². The van der Waals surface area contributed by atoms with Crippen LogP contribution >= 0.6 is 0 Å². The smallest absolute Gasteiger partial charge is 0.406 e. The zero-order valence-electron chi connectivity index (χ0n) is 7.66. The quantitative estimate of drug-likeness (QED) is 0.757. The summed E-state index contributed by atoms with van der Waals surface area (Å²) in [5.74, 6) is 0.632. The number of carbonyl (C=O) groups is 1. The molecule has 0 aliphatic heterocycles. The molecule has 1 amide bonds. The molecule has 0 saturated heterocycles. The fourth-order valence-corrected chi connectivity index (χ4v) is 0.888. The second-order valence-electron chi connectivity index (χ2n) is 2.53. The Bertz CT molecular complexity index is 283. The van der Waals surface area contributed by atoms with Crippen molar-refractivity contribution in [3.8, 4) is 0 Å². The van der Waals surface area contributed by atoms with Gasteiger partial charge < -0.3 is 14.5 Å². The molecule has 0 aliphatic rings. The van der Waals surface area contributed by atoms with Gasteiger partial charge in [-0.15, -0.1) is 0 Å². The molecule has 0 fully saturated rings. The Morgan fingerprint density at radius 1 is 1.77 bits per heavy atom. The maximum Gasteiger partial charge on any atom is 0.406 e. The van der Waals surface area contributed by atoms with E-state index >= 15 is 0 Å². The van der Waals surface area contributed by atoms with E-state index in [4.69, 9.17) is 4.42 Å². The maximum absolute atomic E-state index is 10.6. The van der Waals surface area contributed by atoms with E-state index in [9.17, 15) is 4.79 Å². The molecular weight excluding hydrogens is 172 g/mol. The molecule has 13 heavy (non-hydrogen) atoms. The van der Waals surface area contributed by atoms with E-state index in [0.29, 0.717) is 18.9 Å². The molecule has 1 aromatic heterocycles. The minimum atomic E-state index is -0.430. The van der Waals surface area contributed by atoms with E-state index in [1.807, 2.05) is 0 Å². The fraction of sp³-hybridized carbons (Fsp3) is 0.500. The van der Waals surface area contributed by atoms with Crippen LogP contribution in [0.5, 0.6) is 0 Å². The number of nitrogens with zero attached hydrogens (tertiary/aromatic N) is 1. The molecule has 0 bridgehead atoms. The number of methoxy groups -OCH3 is 1. The van der Waals surface area contributed by atoms with E-state index < -0.39 is 6.09 Å². The van der Waals surface area contributed by atoms with Crippen LogP contribution in [0, 0.1) is 6.92 Å². The van der Waals surface area contributed by atoms with Crippen LogP contribution in [0.4, 0.5) is 4.79 Å². The van der Waals surface area contributed by atoms with Gasteiger partial charge in [0.15, 0.2) is 5.89 Å². The Morgan fingerprint density at radius 2 is 2.54 bits per heavy atom. The molecule has 1 heterocycles. The number of alkyl carbamates (subject to hydrolysis) is 1. The summed E-state index contributed by atoms with van der Waals surface area (Å²) < 4.78 is 9.39. The van der Waals surface area contributed by atoms with Crippen LogP contribution < -0.4 is 5.32 Å². The van der Waals surface area contributed by atoms with Crippen LogP contribution in [0.15, 0.2) is 10.7 Å². The molecule has 0 aromatic carbocycles. The molecule has 0 saturated carbocycles. The highest BCUT2D eigenvalue weighted by Gasteiger charge is 2.01. The van der Waals surface area contributed by atoms with E-state index in [0.717, 1.165) is 5.69 Å². The lowest BCUT2D eigenvalue weighted by Crippen LogP contribution is -2.25. The largest absolute Gasteiger partial charge is 0.453 e. The minimum absolute atomic E-state index is 0.430. The number of oxazole rings is 1. The monoisotopic (exact) mass is 184 g/mol. The van der Waals surface area contributed by atoms with Crippen molar-refractivity contribution in [1.82, 2.24) is 10.3 Å². The van der Waals surface area contributed by atoms with Gasteiger partial charge in [0, 0.05) is 19.9 Å². The number of ether oxygens (including phenoxy) is 1. The van der Waals surface area contributed by atoms with Gasteiger partial charge in [0.25, 0.3) is 0 Å². The van der Waals surface area contributed by atoms with E-state index in [1.54, 1.807) is 13.2 Å². The van der Waals surface area contributed by atoms with Crippen molar-refractivity contribution in [2.24, 2.45) is 0 Å². The Balaban J connectivity index is 2.24. The normalized spacial score (nSPS) is 9.69. The summed E-state index contributed by atoms with van der Waals surface area (Å²) in [7, 11) is 1.33. The number of carbonyl (C=O) groups excluding carboxylic acids is 1. The topological polar surface area (TPSA) is 64.4 Å². The number of aromatic nitrogens is 1. The van der Waals surface area contributed by atoms with E-state index in [-0.39, 0.29) is 0 Å². The number of hydrogen-bond donors (Lipinski definition) is 1. The number of amides is 1. The third kappa shape index (κ3) is 3.14. The molecule has 0 atom stereocenters. The summed E-state index contributed by atoms with van der Waals surface area (Å²) in [6.07, 6.45) is 1.79. The van der Waals surface area contributed by atoms with Crippen molar-refractivity contribution in [3.05, 3.63) is 17.8 Å². The zero-order chi connectivity index (χ0) is 9.68. The van der Waals surface area contributed by atoms with Crippen LogP contribution in [0.3, 0.4) is 0 Å². The molecule has 0 spiro atoms. The predicted octanol–water partition coefficient (Wildman–Crippen LogP) is 0.882. The van der Waals surface area contributed by atoms with Crippen molar-refractivity contribution >= 4 is 6.09 Å². The molecule has 0 aliphatic carbocycles. The lowest BCUT2D eigenvalue weighted by Gasteiger charge is -2.00. The van der Waals surface area contributed by atoms with Crippen molar-refractivity contribution in [3.63, 3.8) is 0 Å². The lowest BCUT2D eigenvalue weighted by atomic mass is 10.3. The van der Waals surface area contributed by atoms with Gasteiger partial charge in [-0.25, -0.2) is 9.78 Å². The van der Waals surface area contributed by atoms with Gasteiger partial charge in [0.2, 0.25) is 0 Å². The summed E-state index contributed by atoms with van der Waals surface area (Å²) in [5.41, 5.74) is 0.828. The van der Waals surface area contributed by atoms with Crippen LogP contribution in [0.1, 0.15) is 11.6 Å². The summed E-state index contributed by atoms with van der Waals surface area (Å²) in [5, 5.41) is 2.55. The Kier molecular flexibility index (Phi) is 3.31. The first-order valence-corrected chi connectivity index (χ1v) is 3.95. The molecule has 0 radical (unpaired) electrons. The second-order valence-corrected chi connectivity index (χ2v) is 2.53. The molecule has 1 N–H and O–H groups in total. The molecule has 5 heteroatoms. The number of hydrogen-bond acceptors (Lipinski definition) is 4. The standard InChI is InChI=1S/C8H12N2O3/c1-6-10-7(5-13-6)3-4-9-8(11)12-2/h5H,3-4H2,1-2H3,(H,9,11). The first kappa shape index (κ1) is 9.57. The van der Waals surface area contributed by atoms with Gasteiger partial charge in [0.05, 0.1) is 12.8 Å². The number of rotatable bonds is 3. The first-order chi connectivity index (χ1) is 6.22. The third-order valence-electron chi connectivity index (χ3n) is 1.50. The number of nitrogens with one attached hydrogen (secondary N) is 1. The van der Waals surface area contributed by atoms with Crippen molar-refractivity contribution < 1.29 is 13.9 Å². The summed E-state index contributed by atoms with van der Waals surface area (Å²) in [4.78, 5) is 14.7. The highest BCUT2D eigenvalue weighted by Crippen LogP contribution is 1.99. The Labute approximate surface area is 76.1 Å². The van der Waals surface area contributed by atoms with E-state index in [2.05, 4.69) is 15.0 Å². The Morgan fingerprint density at radius 3 is 3.08 bits per heavy atom. The lowest BCUT2D eigenvalue weighted by molar-refractivity contribution is 0.171.